The maximum atomic E-state index is 12.7. The number of benzene rings is 1. The average molecular weight is 342 g/mol. The Morgan fingerprint density at radius 3 is 2.44 bits per heavy atom. The number of rotatable bonds is 3. The van der Waals surface area contributed by atoms with E-state index in [4.69, 9.17) is 4.52 Å². The zero-order chi connectivity index (χ0) is 18.2. The van der Waals surface area contributed by atoms with Crippen LogP contribution in [-0.2, 0) is 10.2 Å². The predicted octanol–water partition coefficient (Wildman–Crippen LogP) is 2.91. The molecule has 132 valence electrons. The van der Waals surface area contributed by atoms with Crippen LogP contribution in [-0.4, -0.2) is 40.1 Å². The number of aromatic nitrogens is 1. The van der Waals surface area contributed by atoms with Gasteiger partial charge in [0.1, 0.15) is 5.76 Å². The minimum atomic E-state index is -0.889. The van der Waals surface area contributed by atoms with Gasteiger partial charge in [0, 0.05) is 30.5 Å². The number of amides is 1. The fourth-order valence-corrected chi connectivity index (χ4v) is 3.15. The number of hydrogen-bond donors (Lipinski definition) is 1. The number of aliphatic carboxylic acids is 1. The van der Waals surface area contributed by atoms with E-state index in [0.29, 0.717) is 12.3 Å². The van der Waals surface area contributed by atoms with Crippen LogP contribution in [0.3, 0.4) is 0 Å². The standard InChI is InChI=1S/C19H22N2O4/c1-19(2,3)16-9-15(20-25-16)17(22)21-10-13(14(11-21)18(23)24)12-7-5-4-6-8-12/h4-9,13-14H,10-11H2,1-3H3,(H,23,24). The molecule has 0 radical (unpaired) electrons. The van der Waals surface area contributed by atoms with Crippen LogP contribution in [0.5, 0.6) is 0 Å². The Kier molecular flexibility index (Phi) is 4.37. The number of carboxylic acids is 1. The normalized spacial score (nSPS) is 20.7. The van der Waals surface area contributed by atoms with Crippen LogP contribution < -0.4 is 0 Å². The lowest BCUT2D eigenvalue weighted by atomic mass is 9.89. The van der Waals surface area contributed by atoms with Gasteiger partial charge in [-0.25, -0.2) is 0 Å². The minimum Gasteiger partial charge on any atom is -0.481 e. The van der Waals surface area contributed by atoms with E-state index < -0.39 is 11.9 Å². The monoisotopic (exact) mass is 342 g/mol. The van der Waals surface area contributed by atoms with Crippen molar-refractivity contribution in [1.82, 2.24) is 10.1 Å². The molecule has 1 amide bonds. The van der Waals surface area contributed by atoms with Crippen molar-refractivity contribution in [1.29, 1.82) is 0 Å². The molecule has 3 rings (SSSR count). The molecular weight excluding hydrogens is 320 g/mol. The van der Waals surface area contributed by atoms with E-state index in [9.17, 15) is 14.7 Å². The first-order valence-electron chi connectivity index (χ1n) is 8.31. The lowest BCUT2D eigenvalue weighted by molar-refractivity contribution is -0.141. The quantitative estimate of drug-likeness (QED) is 0.927. The van der Waals surface area contributed by atoms with Gasteiger partial charge in [-0.1, -0.05) is 56.3 Å². The molecule has 1 aromatic carbocycles. The van der Waals surface area contributed by atoms with Crippen LogP contribution in [0.4, 0.5) is 0 Å². The Balaban J connectivity index is 1.82. The van der Waals surface area contributed by atoms with Crippen LogP contribution in [0.25, 0.3) is 0 Å². The number of carbonyl (C=O) groups excluding carboxylic acids is 1. The van der Waals surface area contributed by atoms with Crippen molar-refractivity contribution in [3.8, 4) is 0 Å². The fourth-order valence-electron chi connectivity index (χ4n) is 3.15. The second-order valence-electron chi connectivity index (χ2n) is 7.50. The van der Waals surface area contributed by atoms with Crippen LogP contribution in [0, 0.1) is 5.92 Å². The molecule has 1 N–H and O–H groups in total. The molecule has 1 aromatic heterocycles. The topological polar surface area (TPSA) is 83.6 Å². The molecule has 2 atom stereocenters. The summed E-state index contributed by atoms with van der Waals surface area (Å²) in [6, 6.07) is 11.1. The summed E-state index contributed by atoms with van der Waals surface area (Å²) in [7, 11) is 0. The van der Waals surface area contributed by atoms with Crippen molar-refractivity contribution < 1.29 is 19.2 Å². The highest BCUT2D eigenvalue weighted by atomic mass is 16.5. The van der Waals surface area contributed by atoms with Gasteiger partial charge in [-0.05, 0) is 5.56 Å². The summed E-state index contributed by atoms with van der Waals surface area (Å²) < 4.78 is 5.28. The number of nitrogens with zero attached hydrogens (tertiary/aromatic N) is 2. The number of likely N-dealkylation sites (tertiary alicyclic amines) is 1. The minimum absolute atomic E-state index is 0.172. The van der Waals surface area contributed by atoms with Crippen molar-refractivity contribution >= 4 is 11.9 Å². The van der Waals surface area contributed by atoms with E-state index in [-0.39, 0.29) is 29.5 Å². The third-order valence-corrected chi connectivity index (χ3v) is 4.62. The van der Waals surface area contributed by atoms with E-state index in [1.807, 2.05) is 51.1 Å². The van der Waals surface area contributed by atoms with Crippen LogP contribution in [0.15, 0.2) is 40.9 Å². The Morgan fingerprint density at radius 1 is 1.20 bits per heavy atom. The molecule has 1 aliphatic rings. The second kappa shape index (κ2) is 6.35. The summed E-state index contributed by atoms with van der Waals surface area (Å²) in [6.07, 6.45) is 0. The second-order valence-corrected chi connectivity index (χ2v) is 7.50. The van der Waals surface area contributed by atoms with Crippen molar-refractivity contribution in [3.63, 3.8) is 0 Å². The van der Waals surface area contributed by atoms with Gasteiger partial charge in [-0.2, -0.15) is 0 Å². The van der Waals surface area contributed by atoms with Gasteiger partial charge in [0.2, 0.25) is 0 Å². The molecule has 25 heavy (non-hydrogen) atoms. The van der Waals surface area contributed by atoms with E-state index in [2.05, 4.69) is 5.16 Å². The van der Waals surface area contributed by atoms with Crippen molar-refractivity contribution in [3.05, 3.63) is 53.4 Å². The molecule has 1 saturated heterocycles. The first-order chi connectivity index (χ1) is 11.8. The van der Waals surface area contributed by atoms with Crippen molar-refractivity contribution in [2.45, 2.75) is 32.1 Å². The molecule has 0 spiro atoms. The van der Waals surface area contributed by atoms with Crippen LogP contribution in [0.1, 0.15) is 48.5 Å². The van der Waals surface area contributed by atoms with E-state index >= 15 is 0 Å². The van der Waals surface area contributed by atoms with Gasteiger partial charge in [-0.15, -0.1) is 0 Å². The summed E-state index contributed by atoms with van der Waals surface area (Å²) in [4.78, 5) is 26.0. The first-order valence-corrected chi connectivity index (χ1v) is 8.31. The Morgan fingerprint density at radius 2 is 1.88 bits per heavy atom. The zero-order valence-electron chi connectivity index (χ0n) is 14.6. The summed E-state index contributed by atoms with van der Waals surface area (Å²) in [5, 5.41) is 13.4. The zero-order valence-corrected chi connectivity index (χ0v) is 14.6. The van der Waals surface area contributed by atoms with Crippen molar-refractivity contribution in [2.24, 2.45) is 5.92 Å². The van der Waals surface area contributed by atoms with Gasteiger partial charge in [0.15, 0.2) is 5.69 Å². The Labute approximate surface area is 146 Å². The molecule has 2 heterocycles. The van der Waals surface area contributed by atoms with Gasteiger partial charge in [0.25, 0.3) is 5.91 Å². The molecule has 0 saturated carbocycles. The van der Waals surface area contributed by atoms with Crippen LogP contribution in [0.2, 0.25) is 0 Å². The molecule has 1 aliphatic heterocycles. The molecule has 2 unspecified atom stereocenters. The van der Waals surface area contributed by atoms with Crippen molar-refractivity contribution in [2.75, 3.05) is 13.1 Å². The van der Waals surface area contributed by atoms with E-state index in [1.54, 1.807) is 11.0 Å². The highest BCUT2D eigenvalue weighted by Crippen LogP contribution is 2.34. The first kappa shape index (κ1) is 17.2. The lowest BCUT2D eigenvalue weighted by Crippen LogP contribution is -2.30. The molecular formula is C19H22N2O4. The lowest BCUT2D eigenvalue weighted by Gasteiger charge is -2.15. The van der Waals surface area contributed by atoms with Gasteiger partial charge < -0.3 is 14.5 Å². The molecule has 2 aromatic rings. The highest BCUT2D eigenvalue weighted by molar-refractivity contribution is 5.93. The number of hydrogen-bond acceptors (Lipinski definition) is 4. The van der Waals surface area contributed by atoms with Gasteiger partial charge in [0.05, 0.1) is 5.92 Å². The van der Waals surface area contributed by atoms with E-state index in [0.717, 1.165) is 5.56 Å². The molecule has 0 aliphatic carbocycles. The summed E-state index contributed by atoms with van der Waals surface area (Å²) in [5.41, 5.74) is 0.913. The summed E-state index contributed by atoms with van der Waals surface area (Å²) in [6.45, 7) is 6.46. The number of carbonyl (C=O) groups is 2. The molecule has 6 heteroatoms. The van der Waals surface area contributed by atoms with E-state index in [1.165, 1.54) is 0 Å². The largest absolute Gasteiger partial charge is 0.481 e. The predicted molar refractivity (Wildman–Crippen MR) is 91.4 cm³/mol. The molecule has 0 bridgehead atoms. The van der Waals surface area contributed by atoms with Gasteiger partial charge in [-0.3, -0.25) is 9.59 Å². The highest BCUT2D eigenvalue weighted by Gasteiger charge is 2.41. The molecule has 6 nitrogen and oxygen atoms in total. The third kappa shape index (κ3) is 3.43. The Bertz CT molecular complexity index is 776. The average Bonchev–Trinajstić information content (AvgIpc) is 3.22. The third-order valence-electron chi connectivity index (χ3n) is 4.62. The molecule has 1 fully saturated rings. The SMILES string of the molecule is CC(C)(C)c1cc(C(=O)N2CC(C(=O)O)C(c3ccccc3)C2)no1. The summed E-state index contributed by atoms with van der Waals surface area (Å²) >= 11 is 0. The van der Waals surface area contributed by atoms with Crippen LogP contribution >= 0.6 is 0 Å². The number of carboxylic acid groups (broad SMARTS) is 1. The fraction of sp³-hybridized carbons (Fsp3) is 0.421. The summed E-state index contributed by atoms with van der Waals surface area (Å²) in [5.74, 6) is -1.40. The van der Waals surface area contributed by atoms with Gasteiger partial charge >= 0.3 is 5.97 Å². The maximum Gasteiger partial charge on any atom is 0.308 e. The Hall–Kier alpha value is -2.63. The smallest absolute Gasteiger partial charge is 0.308 e. The maximum absolute atomic E-state index is 12.7.